The first-order chi connectivity index (χ1) is 17.5. The Hall–Kier alpha value is -3.19. The molecule has 1 saturated heterocycles. The summed E-state index contributed by atoms with van der Waals surface area (Å²) >= 11 is 0. The van der Waals surface area contributed by atoms with Gasteiger partial charge in [0.05, 0.1) is 30.6 Å². The molecule has 0 aromatic heterocycles. The average molecular weight is 495 g/mol. The maximum atomic E-state index is 13.0. The number of carbonyl (C=O) groups is 2. The molecule has 0 radical (unpaired) electrons. The Bertz CT molecular complexity index is 1010. The maximum absolute atomic E-state index is 13.0. The van der Waals surface area contributed by atoms with Crippen molar-refractivity contribution in [2.24, 2.45) is 5.16 Å². The van der Waals surface area contributed by atoms with Gasteiger partial charge in [-0.3, -0.25) is 4.79 Å². The Kier molecular flexibility index (Phi) is 11.0. The normalized spacial score (nSPS) is 22.2. The Morgan fingerprint density at radius 1 is 1.22 bits per heavy atom. The number of allylic oxidation sites excluding steroid dienone is 1. The van der Waals surface area contributed by atoms with Crippen LogP contribution in [0.2, 0.25) is 0 Å². The number of esters is 1. The highest BCUT2D eigenvalue weighted by Gasteiger charge is 2.19. The minimum absolute atomic E-state index is 0.0531. The molecule has 1 unspecified atom stereocenters. The van der Waals surface area contributed by atoms with Gasteiger partial charge in [0, 0.05) is 19.5 Å². The minimum atomic E-state index is -0.350. The minimum Gasteiger partial charge on any atom is -0.462 e. The SMILES string of the molecule is C=CCOC1/C=C/CCOC(=O)c2c(C)cc(C)cc2CC(=N\OCC(=O)N2CCCCC2)/C=C/C1. The van der Waals surface area contributed by atoms with E-state index in [1.165, 1.54) is 0 Å². The summed E-state index contributed by atoms with van der Waals surface area (Å²) in [4.78, 5) is 32.8. The molecule has 1 fully saturated rings. The molecule has 3 rings (SSSR count). The Morgan fingerprint density at radius 2 is 2.03 bits per heavy atom. The van der Waals surface area contributed by atoms with Gasteiger partial charge in [-0.2, -0.15) is 0 Å². The van der Waals surface area contributed by atoms with E-state index in [1.807, 2.05) is 55.2 Å². The van der Waals surface area contributed by atoms with Gasteiger partial charge in [-0.25, -0.2) is 4.79 Å². The lowest BCUT2D eigenvalue weighted by molar-refractivity contribution is -0.137. The van der Waals surface area contributed by atoms with E-state index in [9.17, 15) is 9.59 Å². The van der Waals surface area contributed by atoms with Crippen molar-refractivity contribution in [2.75, 3.05) is 32.9 Å². The van der Waals surface area contributed by atoms with Gasteiger partial charge < -0.3 is 19.2 Å². The average Bonchev–Trinajstić information content (AvgIpc) is 2.86. The van der Waals surface area contributed by atoms with Crippen molar-refractivity contribution in [3.8, 4) is 0 Å². The number of oxime groups is 1. The van der Waals surface area contributed by atoms with Gasteiger partial charge in [0.2, 0.25) is 0 Å². The Balaban J connectivity index is 1.85. The van der Waals surface area contributed by atoms with Crippen molar-refractivity contribution in [1.82, 2.24) is 4.90 Å². The predicted octanol–water partition coefficient (Wildman–Crippen LogP) is 4.87. The number of piperidine rings is 1. The summed E-state index contributed by atoms with van der Waals surface area (Å²) in [5, 5.41) is 4.31. The Morgan fingerprint density at radius 3 is 2.81 bits per heavy atom. The van der Waals surface area contributed by atoms with Crippen LogP contribution in [0.15, 0.2) is 54.2 Å². The largest absolute Gasteiger partial charge is 0.462 e. The van der Waals surface area contributed by atoms with E-state index in [1.54, 1.807) is 6.08 Å². The Labute approximate surface area is 214 Å². The molecule has 1 amide bonds. The highest BCUT2D eigenvalue weighted by atomic mass is 16.6. The molecule has 1 aromatic rings. The molecule has 0 aliphatic carbocycles. The molecule has 0 spiro atoms. The fraction of sp³-hybridized carbons (Fsp3) is 0.483. The monoisotopic (exact) mass is 494 g/mol. The third-order valence-electron chi connectivity index (χ3n) is 6.19. The highest BCUT2D eigenvalue weighted by molar-refractivity contribution is 6.00. The number of rotatable bonds is 6. The summed E-state index contributed by atoms with van der Waals surface area (Å²) in [6.07, 6.45) is 14.2. The fourth-order valence-electron chi connectivity index (χ4n) is 4.48. The maximum Gasteiger partial charge on any atom is 0.338 e. The molecule has 2 aliphatic rings. The zero-order chi connectivity index (χ0) is 25.8. The van der Waals surface area contributed by atoms with Gasteiger partial charge in [0.1, 0.15) is 0 Å². The number of amides is 1. The standard InChI is InChI=1S/C29H38N2O5/c1-4-16-34-26-12-6-9-17-35-29(33)28-23(3)18-22(2)19-24(28)20-25(11-10-13-26)30-36-21-27(32)31-14-7-5-8-15-31/h4,6,10-12,18-19,26H,1,5,7-9,13-17,20-21H2,2-3H3/b11-10+,12-6+,30-25-. The first kappa shape index (κ1) is 27.4. The van der Waals surface area contributed by atoms with Crippen molar-refractivity contribution in [3.05, 3.63) is 71.3 Å². The first-order valence-corrected chi connectivity index (χ1v) is 12.8. The van der Waals surface area contributed by atoms with E-state index in [0.717, 1.165) is 49.0 Å². The molecule has 36 heavy (non-hydrogen) atoms. The van der Waals surface area contributed by atoms with Crippen molar-refractivity contribution in [1.29, 1.82) is 0 Å². The molecule has 7 nitrogen and oxygen atoms in total. The van der Waals surface area contributed by atoms with Crippen LogP contribution in [0, 0.1) is 13.8 Å². The number of fused-ring (bicyclic) bond motifs is 1. The summed E-state index contributed by atoms with van der Waals surface area (Å²) in [6, 6.07) is 3.96. The molecule has 1 atom stereocenters. The van der Waals surface area contributed by atoms with Crippen LogP contribution < -0.4 is 0 Å². The lowest BCUT2D eigenvalue weighted by atomic mass is 9.95. The number of aryl methyl sites for hydroxylation is 2. The quantitative estimate of drug-likeness (QED) is 0.321. The zero-order valence-electron chi connectivity index (χ0n) is 21.5. The van der Waals surface area contributed by atoms with Crippen LogP contribution in [0.3, 0.4) is 0 Å². The van der Waals surface area contributed by atoms with Crippen molar-refractivity contribution >= 4 is 17.6 Å². The zero-order valence-corrected chi connectivity index (χ0v) is 21.5. The van der Waals surface area contributed by atoms with Crippen LogP contribution in [-0.2, 0) is 25.5 Å². The number of ether oxygens (including phenoxy) is 2. The van der Waals surface area contributed by atoms with Gasteiger partial charge in [-0.15, -0.1) is 6.58 Å². The third-order valence-corrected chi connectivity index (χ3v) is 6.19. The molecule has 0 N–H and O–H groups in total. The van der Waals surface area contributed by atoms with E-state index in [2.05, 4.69) is 11.7 Å². The molecule has 2 aliphatic heterocycles. The van der Waals surface area contributed by atoms with Crippen LogP contribution in [0.5, 0.6) is 0 Å². The molecule has 0 saturated carbocycles. The van der Waals surface area contributed by atoms with E-state index in [0.29, 0.717) is 37.1 Å². The molecule has 0 bridgehead atoms. The highest BCUT2D eigenvalue weighted by Crippen LogP contribution is 2.21. The molecular weight excluding hydrogens is 456 g/mol. The summed E-state index contributed by atoms with van der Waals surface area (Å²) in [5.74, 6) is -0.403. The van der Waals surface area contributed by atoms with E-state index < -0.39 is 0 Å². The number of hydrogen-bond acceptors (Lipinski definition) is 6. The summed E-state index contributed by atoms with van der Waals surface area (Å²) in [7, 11) is 0. The van der Waals surface area contributed by atoms with Crippen LogP contribution in [0.1, 0.15) is 59.2 Å². The van der Waals surface area contributed by atoms with Crippen molar-refractivity contribution < 1.29 is 23.9 Å². The van der Waals surface area contributed by atoms with Crippen molar-refractivity contribution in [3.63, 3.8) is 0 Å². The van der Waals surface area contributed by atoms with Gasteiger partial charge in [-0.05, 0) is 63.2 Å². The van der Waals surface area contributed by atoms with E-state index in [4.69, 9.17) is 14.3 Å². The van der Waals surface area contributed by atoms with Crippen LogP contribution in [0.25, 0.3) is 0 Å². The topological polar surface area (TPSA) is 77.4 Å². The molecule has 1 aromatic carbocycles. The van der Waals surface area contributed by atoms with Gasteiger partial charge >= 0.3 is 5.97 Å². The first-order valence-electron chi connectivity index (χ1n) is 12.8. The lowest BCUT2D eigenvalue weighted by Crippen LogP contribution is -2.37. The van der Waals surface area contributed by atoms with Gasteiger partial charge in [0.15, 0.2) is 6.61 Å². The molecule has 2 heterocycles. The number of benzene rings is 1. The number of hydrogen-bond donors (Lipinski definition) is 0. The summed E-state index contributed by atoms with van der Waals surface area (Å²) < 4.78 is 11.4. The lowest BCUT2D eigenvalue weighted by Gasteiger charge is -2.26. The van der Waals surface area contributed by atoms with Gasteiger partial charge in [0.25, 0.3) is 5.91 Å². The van der Waals surface area contributed by atoms with E-state index in [-0.39, 0.29) is 31.2 Å². The van der Waals surface area contributed by atoms with Crippen LogP contribution >= 0.6 is 0 Å². The molecule has 7 heteroatoms. The van der Waals surface area contributed by atoms with Gasteiger partial charge in [-0.1, -0.05) is 47.2 Å². The summed E-state index contributed by atoms with van der Waals surface area (Å²) in [5.41, 5.74) is 3.90. The third kappa shape index (κ3) is 8.48. The van der Waals surface area contributed by atoms with Crippen molar-refractivity contribution in [2.45, 2.75) is 58.5 Å². The number of likely N-dealkylation sites (tertiary alicyclic amines) is 1. The second-order valence-electron chi connectivity index (χ2n) is 9.24. The fourth-order valence-corrected chi connectivity index (χ4v) is 4.48. The van der Waals surface area contributed by atoms with Crippen LogP contribution in [-0.4, -0.2) is 61.5 Å². The predicted molar refractivity (Wildman–Crippen MR) is 141 cm³/mol. The second-order valence-corrected chi connectivity index (χ2v) is 9.24. The summed E-state index contributed by atoms with van der Waals surface area (Å²) in [6.45, 7) is 9.79. The molecular formula is C29H38N2O5. The number of carbonyl (C=O) groups excluding carboxylic acids is 2. The smallest absolute Gasteiger partial charge is 0.338 e. The molecule has 194 valence electrons. The van der Waals surface area contributed by atoms with Crippen LogP contribution in [0.4, 0.5) is 0 Å². The number of cyclic esters (lactones) is 1. The number of nitrogens with zero attached hydrogens (tertiary/aromatic N) is 2. The van der Waals surface area contributed by atoms with E-state index >= 15 is 0 Å². The second kappa shape index (κ2) is 14.4.